The maximum Gasteiger partial charge on any atom is 0.330 e. The summed E-state index contributed by atoms with van der Waals surface area (Å²) in [5.41, 5.74) is 0.662. The fourth-order valence-corrected chi connectivity index (χ4v) is 3.71. The summed E-state index contributed by atoms with van der Waals surface area (Å²) in [5.74, 6) is -2.19. The maximum atomic E-state index is 12.0. The van der Waals surface area contributed by atoms with Crippen LogP contribution in [-0.2, 0) is 19.6 Å². The molecule has 1 amide bonds. The summed E-state index contributed by atoms with van der Waals surface area (Å²) in [4.78, 5) is 24.8. The molecule has 0 aromatic rings. The smallest absolute Gasteiger partial charge is 0.330 e. The van der Waals surface area contributed by atoms with E-state index in [1.54, 1.807) is 6.08 Å². The molecule has 0 aromatic heterocycles. The number of primary sulfonamides is 1. The quantitative estimate of drug-likeness (QED) is 0.684. The Bertz CT molecular complexity index is 608. The van der Waals surface area contributed by atoms with E-state index >= 15 is 0 Å². The molecule has 0 aromatic carbocycles. The highest BCUT2D eigenvalue weighted by Gasteiger charge is 2.40. The van der Waals surface area contributed by atoms with E-state index in [9.17, 15) is 23.1 Å². The number of nitrogens with two attached hydrogens (primary N) is 1. The second-order valence-corrected chi connectivity index (χ2v) is 7.04. The first-order chi connectivity index (χ1) is 9.78. The lowest BCUT2D eigenvalue weighted by Crippen LogP contribution is -2.44. The number of aliphatic carboxylic acids is 1. The Labute approximate surface area is 123 Å². The van der Waals surface area contributed by atoms with Gasteiger partial charge in [0.05, 0.1) is 5.75 Å². The van der Waals surface area contributed by atoms with Crippen LogP contribution in [0.3, 0.4) is 0 Å². The van der Waals surface area contributed by atoms with E-state index in [2.05, 4.69) is 0 Å². The van der Waals surface area contributed by atoms with E-state index in [0.29, 0.717) is 18.4 Å². The minimum Gasteiger partial charge on any atom is -0.479 e. The number of carboxylic acids is 1. The van der Waals surface area contributed by atoms with Crippen molar-refractivity contribution in [1.29, 1.82) is 0 Å². The van der Waals surface area contributed by atoms with E-state index < -0.39 is 28.0 Å². The summed E-state index contributed by atoms with van der Waals surface area (Å²) in [7, 11) is -3.68. The standard InChI is InChI=1S/C13H18N2O5S/c14-21(19,20)8-9-6-11(16)15(7-9)12(13(17)18)10-4-2-1-3-5-10/h1-2,5,9,12H,3-4,6-8H2,(H,17,18)(H2,14,19,20)/t9?,12-/m1/s1. The van der Waals surface area contributed by atoms with Gasteiger partial charge in [-0.2, -0.15) is 0 Å². The second kappa shape index (κ2) is 5.98. The van der Waals surface area contributed by atoms with Crippen LogP contribution in [0.25, 0.3) is 0 Å². The zero-order valence-electron chi connectivity index (χ0n) is 11.4. The van der Waals surface area contributed by atoms with Crippen molar-refractivity contribution in [3.63, 3.8) is 0 Å². The molecule has 0 spiro atoms. The first-order valence-electron chi connectivity index (χ1n) is 6.64. The first kappa shape index (κ1) is 15.7. The number of rotatable bonds is 5. The van der Waals surface area contributed by atoms with Crippen LogP contribution in [-0.4, -0.2) is 48.6 Å². The largest absolute Gasteiger partial charge is 0.479 e. The molecule has 8 heteroatoms. The van der Waals surface area contributed by atoms with Gasteiger partial charge in [0, 0.05) is 18.9 Å². The van der Waals surface area contributed by atoms with Gasteiger partial charge in [-0.3, -0.25) is 4.79 Å². The Balaban J connectivity index is 2.16. The van der Waals surface area contributed by atoms with Crippen LogP contribution < -0.4 is 5.14 Å². The fraction of sp³-hybridized carbons (Fsp3) is 0.538. The maximum absolute atomic E-state index is 12.0. The molecule has 1 aliphatic carbocycles. The summed E-state index contributed by atoms with van der Waals surface area (Å²) < 4.78 is 22.2. The highest BCUT2D eigenvalue weighted by atomic mass is 32.2. The Morgan fingerprint density at radius 1 is 1.48 bits per heavy atom. The Morgan fingerprint density at radius 2 is 2.19 bits per heavy atom. The monoisotopic (exact) mass is 314 g/mol. The molecule has 0 bridgehead atoms. The number of likely N-dealkylation sites (tertiary alicyclic amines) is 1. The molecular formula is C13H18N2O5S. The van der Waals surface area contributed by atoms with Gasteiger partial charge in [0.2, 0.25) is 15.9 Å². The molecule has 116 valence electrons. The zero-order valence-corrected chi connectivity index (χ0v) is 12.3. The van der Waals surface area contributed by atoms with Crippen molar-refractivity contribution in [3.8, 4) is 0 Å². The van der Waals surface area contributed by atoms with Gasteiger partial charge in [-0.05, 0) is 18.4 Å². The fourth-order valence-electron chi connectivity index (χ4n) is 2.83. The lowest BCUT2D eigenvalue weighted by Gasteiger charge is -2.27. The predicted octanol–water partition coefficient (Wildman–Crippen LogP) is -0.147. The van der Waals surface area contributed by atoms with Crippen LogP contribution in [0.1, 0.15) is 19.3 Å². The lowest BCUT2D eigenvalue weighted by atomic mass is 9.97. The average Bonchev–Trinajstić information content (AvgIpc) is 2.69. The van der Waals surface area contributed by atoms with Crippen molar-refractivity contribution < 1.29 is 23.1 Å². The molecule has 7 nitrogen and oxygen atoms in total. The summed E-state index contributed by atoms with van der Waals surface area (Å²) in [6, 6.07) is -1.02. The molecule has 2 atom stereocenters. The summed E-state index contributed by atoms with van der Waals surface area (Å²) in [5, 5.41) is 14.4. The number of carboxylic acid groups (broad SMARTS) is 1. The van der Waals surface area contributed by atoms with Crippen LogP contribution in [0, 0.1) is 5.92 Å². The number of amides is 1. The Morgan fingerprint density at radius 3 is 2.71 bits per heavy atom. The van der Waals surface area contributed by atoms with Crippen LogP contribution in [0.2, 0.25) is 0 Å². The topological polar surface area (TPSA) is 118 Å². The summed E-state index contributed by atoms with van der Waals surface area (Å²) in [6.07, 6.45) is 6.75. The molecule has 0 radical (unpaired) electrons. The van der Waals surface area contributed by atoms with Crippen molar-refractivity contribution in [1.82, 2.24) is 4.90 Å². The van der Waals surface area contributed by atoms with Crippen LogP contribution in [0.5, 0.6) is 0 Å². The molecular weight excluding hydrogens is 296 g/mol. The lowest BCUT2D eigenvalue weighted by molar-refractivity contribution is -0.146. The Hall–Kier alpha value is -1.67. The minimum atomic E-state index is -3.68. The zero-order chi connectivity index (χ0) is 15.6. The molecule has 1 aliphatic heterocycles. The van der Waals surface area contributed by atoms with Crippen molar-refractivity contribution in [3.05, 3.63) is 23.8 Å². The molecule has 2 rings (SSSR count). The number of sulfonamides is 1. The van der Waals surface area contributed by atoms with Crippen molar-refractivity contribution in [2.45, 2.75) is 25.3 Å². The molecule has 21 heavy (non-hydrogen) atoms. The van der Waals surface area contributed by atoms with Crippen molar-refractivity contribution in [2.75, 3.05) is 12.3 Å². The number of nitrogens with zero attached hydrogens (tertiary/aromatic N) is 1. The van der Waals surface area contributed by atoms with Gasteiger partial charge in [0.25, 0.3) is 0 Å². The van der Waals surface area contributed by atoms with Gasteiger partial charge < -0.3 is 10.0 Å². The van der Waals surface area contributed by atoms with Crippen molar-refractivity contribution >= 4 is 21.9 Å². The van der Waals surface area contributed by atoms with Gasteiger partial charge >= 0.3 is 5.97 Å². The number of carbonyl (C=O) groups is 2. The van der Waals surface area contributed by atoms with E-state index in [0.717, 1.165) is 0 Å². The number of hydrogen-bond acceptors (Lipinski definition) is 4. The minimum absolute atomic E-state index is 0.0172. The molecule has 1 saturated heterocycles. The predicted molar refractivity (Wildman–Crippen MR) is 75.7 cm³/mol. The molecule has 0 saturated carbocycles. The Kier molecular flexibility index (Phi) is 4.48. The van der Waals surface area contributed by atoms with E-state index in [4.69, 9.17) is 5.14 Å². The normalized spacial score (nSPS) is 24.0. The van der Waals surface area contributed by atoms with Gasteiger partial charge in [0.15, 0.2) is 6.04 Å². The summed E-state index contributed by atoms with van der Waals surface area (Å²) in [6.45, 7) is 0.104. The second-order valence-electron chi connectivity index (χ2n) is 5.38. The van der Waals surface area contributed by atoms with Gasteiger partial charge in [-0.15, -0.1) is 0 Å². The number of carbonyl (C=O) groups excluding carboxylic acids is 1. The van der Waals surface area contributed by atoms with Gasteiger partial charge in [0.1, 0.15) is 0 Å². The number of allylic oxidation sites excluding steroid dienone is 3. The van der Waals surface area contributed by atoms with Crippen LogP contribution in [0.4, 0.5) is 0 Å². The molecule has 1 heterocycles. The van der Waals surface area contributed by atoms with Crippen molar-refractivity contribution in [2.24, 2.45) is 11.1 Å². The van der Waals surface area contributed by atoms with Crippen LogP contribution >= 0.6 is 0 Å². The number of hydrogen-bond donors (Lipinski definition) is 2. The van der Waals surface area contributed by atoms with E-state index in [-0.39, 0.29) is 24.6 Å². The average molecular weight is 314 g/mol. The van der Waals surface area contributed by atoms with Gasteiger partial charge in [-0.25, -0.2) is 18.4 Å². The van der Waals surface area contributed by atoms with E-state index in [1.807, 2.05) is 12.2 Å². The summed E-state index contributed by atoms with van der Waals surface area (Å²) >= 11 is 0. The third-order valence-electron chi connectivity index (χ3n) is 3.64. The highest BCUT2D eigenvalue weighted by Crippen LogP contribution is 2.27. The molecule has 3 N–H and O–H groups in total. The molecule has 1 unspecified atom stereocenters. The van der Waals surface area contributed by atoms with Crippen LogP contribution in [0.15, 0.2) is 23.8 Å². The first-order valence-corrected chi connectivity index (χ1v) is 8.36. The van der Waals surface area contributed by atoms with E-state index in [1.165, 1.54) is 4.90 Å². The third-order valence-corrected chi connectivity index (χ3v) is 4.58. The SMILES string of the molecule is NS(=O)(=O)CC1CC(=O)N([C@@H](C(=O)O)C2=CCC=CC2)C1. The van der Waals surface area contributed by atoms with Gasteiger partial charge in [-0.1, -0.05) is 18.2 Å². The third kappa shape index (κ3) is 3.92. The highest BCUT2D eigenvalue weighted by molar-refractivity contribution is 7.89. The molecule has 1 fully saturated rings. The molecule has 2 aliphatic rings.